The van der Waals surface area contributed by atoms with Gasteiger partial charge in [0.25, 0.3) is 0 Å². The summed E-state index contributed by atoms with van der Waals surface area (Å²) >= 11 is 0. The molecule has 7 heavy (non-hydrogen) atoms. The zero-order chi connectivity index (χ0) is 5.54. The molecule has 0 bridgehead atoms. The minimum atomic E-state index is 0.986. The molecule has 0 aromatic heterocycles. The zero-order valence-electron chi connectivity index (χ0n) is 4.91. The number of hydrogen-bond acceptors (Lipinski definition) is 0. The first kappa shape index (κ1) is 7.36. The molecule has 0 fully saturated rings. The third kappa shape index (κ3) is 6.36. The van der Waals surface area contributed by atoms with Crippen molar-refractivity contribution in [2.24, 2.45) is 0 Å². The summed E-state index contributed by atoms with van der Waals surface area (Å²) in [6.07, 6.45) is 4.03. The Morgan fingerprint density at radius 3 is 2.86 bits per heavy atom. The van der Waals surface area contributed by atoms with Crippen LogP contribution >= 0.6 is 8.58 Å². The Balaban J connectivity index is 2.56. The van der Waals surface area contributed by atoms with Gasteiger partial charge in [-0.3, -0.25) is 0 Å². The first-order chi connectivity index (χ1) is 3.41. The molecule has 0 radical (unpaired) electrons. The van der Waals surface area contributed by atoms with Gasteiger partial charge < -0.3 is 0 Å². The molecule has 0 saturated heterocycles. The molecule has 0 heterocycles. The Bertz CT molecular complexity index is 45.3. The molecule has 0 aliphatic carbocycles. The molecule has 0 rings (SSSR count). The predicted molar refractivity (Wildman–Crippen MR) is 41.3 cm³/mol. The van der Waals surface area contributed by atoms with E-state index >= 15 is 0 Å². The molecule has 40 valence electrons. The van der Waals surface area contributed by atoms with Gasteiger partial charge in [-0.2, -0.15) is 0 Å². The summed E-state index contributed by atoms with van der Waals surface area (Å²) in [5.74, 6) is 0. The topological polar surface area (TPSA) is 0 Å². The van der Waals surface area contributed by atoms with Crippen molar-refractivity contribution in [1.29, 1.82) is 0 Å². The molecule has 1 atom stereocenters. The monoisotopic (exact) mass is 114 g/mol. The van der Waals surface area contributed by atoms with E-state index in [1.54, 1.807) is 0 Å². The van der Waals surface area contributed by atoms with Gasteiger partial charge in [-0.15, -0.1) is 0 Å². The average Bonchev–Trinajstić information content (AvgIpc) is 1.69. The van der Waals surface area contributed by atoms with Crippen LogP contribution in [-0.4, -0.2) is 19.4 Å². The summed E-state index contributed by atoms with van der Waals surface area (Å²) in [6.45, 7) is 2.22. The van der Waals surface area contributed by atoms with Crippen molar-refractivity contribution in [3.05, 3.63) is 0 Å². The fraction of sp³-hybridized carbons (Fsp3) is 0.800. The van der Waals surface area contributed by atoms with Crippen LogP contribution in [-0.2, 0) is 0 Å². The van der Waals surface area contributed by atoms with Gasteiger partial charge >= 0.3 is 47.7 Å². The Kier molecular flexibility index (Phi) is 6.70. The van der Waals surface area contributed by atoms with Crippen LogP contribution in [0.3, 0.4) is 0 Å². The first-order valence-electron chi connectivity index (χ1n) is 2.76. The fourth-order valence-electron chi connectivity index (χ4n) is 0.381. The zero-order valence-corrected chi connectivity index (χ0v) is 5.91. The second kappa shape index (κ2) is 6.36. The number of unbranched alkanes of at least 4 members (excludes halogenated alkanes) is 1. The fourth-order valence-corrected chi connectivity index (χ4v) is 1.14. The third-order valence-corrected chi connectivity index (χ3v) is 1.75. The second-order valence-corrected chi connectivity index (χ2v) is 2.83. The SMILES string of the molecule is B=CPCCCC. The molecule has 0 N–H and O–H groups in total. The molecule has 0 amide bonds. The molecular weight excluding hydrogens is 102 g/mol. The molecule has 0 spiro atoms. The van der Waals surface area contributed by atoms with Gasteiger partial charge in [-0.1, -0.05) is 0 Å². The Morgan fingerprint density at radius 2 is 2.43 bits per heavy atom. The van der Waals surface area contributed by atoms with Crippen LogP contribution in [0, 0.1) is 0 Å². The van der Waals surface area contributed by atoms with E-state index in [0.717, 1.165) is 8.58 Å². The van der Waals surface area contributed by atoms with Crippen LogP contribution < -0.4 is 0 Å². The maximum absolute atomic E-state index is 3.64. The van der Waals surface area contributed by atoms with Crippen molar-refractivity contribution >= 4 is 21.8 Å². The van der Waals surface area contributed by atoms with Gasteiger partial charge in [0.1, 0.15) is 0 Å². The summed E-state index contributed by atoms with van der Waals surface area (Å²) in [4.78, 5) is 0. The number of hydrogen-bond donors (Lipinski definition) is 0. The van der Waals surface area contributed by atoms with Crippen LogP contribution in [0.2, 0.25) is 0 Å². The van der Waals surface area contributed by atoms with Crippen molar-refractivity contribution in [2.45, 2.75) is 19.8 Å². The summed E-state index contributed by atoms with van der Waals surface area (Å²) in [7, 11) is 4.63. The predicted octanol–water partition coefficient (Wildman–Crippen LogP) is 1.13. The molecule has 0 aromatic rings. The van der Waals surface area contributed by atoms with Gasteiger partial charge in [0.2, 0.25) is 0 Å². The standard InChI is InChI=1S/C5H12BP/c1-2-3-4-7-5-6/h5-7H,2-4H2,1H3. The van der Waals surface area contributed by atoms with Gasteiger partial charge in [0.15, 0.2) is 0 Å². The summed E-state index contributed by atoms with van der Waals surface area (Å²) < 4.78 is 0. The Labute approximate surface area is 48.6 Å². The van der Waals surface area contributed by atoms with Gasteiger partial charge in [0.05, 0.1) is 0 Å². The van der Waals surface area contributed by atoms with E-state index in [4.69, 9.17) is 0 Å². The van der Waals surface area contributed by atoms with Gasteiger partial charge in [0, 0.05) is 0 Å². The van der Waals surface area contributed by atoms with Crippen LogP contribution in [0.4, 0.5) is 0 Å². The van der Waals surface area contributed by atoms with Crippen LogP contribution in [0.25, 0.3) is 0 Å². The van der Waals surface area contributed by atoms with Crippen LogP contribution in [0.1, 0.15) is 19.8 Å². The molecule has 2 heteroatoms. The van der Waals surface area contributed by atoms with Gasteiger partial charge in [-0.05, 0) is 0 Å². The van der Waals surface area contributed by atoms with E-state index in [-0.39, 0.29) is 0 Å². The molecule has 0 aliphatic rings. The molecule has 1 unspecified atom stereocenters. The van der Waals surface area contributed by atoms with E-state index in [9.17, 15) is 0 Å². The second-order valence-electron chi connectivity index (χ2n) is 1.51. The van der Waals surface area contributed by atoms with Gasteiger partial charge in [-0.25, -0.2) is 0 Å². The van der Waals surface area contributed by atoms with Crippen molar-refractivity contribution in [3.8, 4) is 0 Å². The van der Waals surface area contributed by atoms with E-state index in [1.807, 2.05) is 5.71 Å². The van der Waals surface area contributed by atoms with Crippen molar-refractivity contribution in [2.75, 3.05) is 6.16 Å². The average molecular weight is 114 g/mol. The third-order valence-electron chi connectivity index (χ3n) is 0.819. The molecule has 0 aliphatic heterocycles. The molecule has 0 saturated carbocycles. The van der Waals surface area contributed by atoms with Crippen LogP contribution in [0.5, 0.6) is 0 Å². The Hall–Kier alpha value is 0.365. The summed E-state index contributed by atoms with van der Waals surface area (Å²) in [5.41, 5.74) is 2.01. The normalized spacial score (nSPS) is 10.3. The summed E-state index contributed by atoms with van der Waals surface area (Å²) in [6, 6.07) is 0. The van der Waals surface area contributed by atoms with E-state index in [0.29, 0.717) is 0 Å². The maximum atomic E-state index is 3.64. The number of rotatable bonds is 4. The van der Waals surface area contributed by atoms with Crippen molar-refractivity contribution in [1.82, 2.24) is 0 Å². The molecule has 0 aromatic carbocycles. The van der Waals surface area contributed by atoms with E-state index in [2.05, 4.69) is 14.4 Å². The molecular formula is C5H12BP. The van der Waals surface area contributed by atoms with E-state index < -0.39 is 0 Å². The Morgan fingerprint density at radius 1 is 1.71 bits per heavy atom. The summed E-state index contributed by atoms with van der Waals surface area (Å²) in [5, 5.41) is 0. The van der Waals surface area contributed by atoms with Crippen molar-refractivity contribution in [3.63, 3.8) is 0 Å². The first-order valence-corrected chi connectivity index (χ1v) is 4.04. The minimum absolute atomic E-state index is 0.986. The van der Waals surface area contributed by atoms with E-state index in [1.165, 1.54) is 19.0 Å². The van der Waals surface area contributed by atoms with Crippen molar-refractivity contribution < 1.29 is 0 Å². The van der Waals surface area contributed by atoms with Crippen LogP contribution in [0.15, 0.2) is 0 Å². The quantitative estimate of drug-likeness (QED) is 0.292. The molecule has 0 nitrogen and oxygen atoms in total.